The number of thiazole rings is 1. The minimum Gasteiger partial charge on any atom is -0.375 e. The minimum absolute atomic E-state index is 0.00864. The number of nitrogens with zero attached hydrogens (tertiary/aromatic N) is 1. The number of ketones is 1. The zero-order chi connectivity index (χ0) is 13.3. The van der Waals surface area contributed by atoms with Gasteiger partial charge in [-0.15, -0.1) is 11.3 Å². The molecule has 2 N–H and O–H groups in total. The molecular weight excluding hydrogens is 260 g/mol. The number of aromatic nitrogens is 1. The number of carbonyl (C=O) groups excluding carboxylic acids is 1. The summed E-state index contributed by atoms with van der Waals surface area (Å²) in [7, 11) is 0. The highest BCUT2D eigenvalue weighted by Crippen LogP contribution is 2.42. The molecule has 0 aromatic carbocycles. The van der Waals surface area contributed by atoms with Crippen molar-refractivity contribution in [1.82, 2.24) is 4.98 Å². The Kier molecular flexibility index (Phi) is 3.69. The number of carbonyl (C=O) groups is 1. The lowest BCUT2D eigenvalue weighted by atomic mass is 9.82. The van der Waals surface area contributed by atoms with Gasteiger partial charge in [0.05, 0.1) is 5.60 Å². The number of nitrogens with two attached hydrogens (primary N) is 1. The molecule has 1 atom stereocenters. The molecule has 0 radical (unpaired) electrons. The van der Waals surface area contributed by atoms with Gasteiger partial charge in [0.15, 0.2) is 5.78 Å². The van der Waals surface area contributed by atoms with E-state index in [-0.39, 0.29) is 17.3 Å². The highest BCUT2D eigenvalue weighted by atomic mass is 32.1. The van der Waals surface area contributed by atoms with Crippen molar-refractivity contribution in [2.24, 2.45) is 11.7 Å². The van der Waals surface area contributed by atoms with Crippen LogP contribution in [-0.4, -0.2) is 23.0 Å². The fraction of sp³-hybridized carbons (Fsp3) is 0.714. The lowest BCUT2D eigenvalue weighted by molar-refractivity contribution is -0.0866. The molecule has 104 valence electrons. The molecule has 2 fully saturated rings. The molecule has 1 spiro atoms. The summed E-state index contributed by atoms with van der Waals surface area (Å²) in [6.45, 7) is 1.12. The Morgan fingerprint density at radius 1 is 1.53 bits per heavy atom. The van der Waals surface area contributed by atoms with Crippen molar-refractivity contribution in [3.8, 4) is 0 Å². The van der Waals surface area contributed by atoms with Gasteiger partial charge in [0.25, 0.3) is 0 Å². The first-order valence-corrected chi connectivity index (χ1v) is 7.93. The van der Waals surface area contributed by atoms with Crippen LogP contribution in [0.3, 0.4) is 0 Å². The van der Waals surface area contributed by atoms with Crippen LogP contribution < -0.4 is 5.73 Å². The van der Waals surface area contributed by atoms with E-state index in [2.05, 4.69) is 4.98 Å². The van der Waals surface area contributed by atoms with Gasteiger partial charge in [-0.2, -0.15) is 0 Å². The molecule has 3 rings (SSSR count). The molecular formula is C14H20N2O2S. The third-order valence-electron chi connectivity index (χ3n) is 4.36. The van der Waals surface area contributed by atoms with E-state index in [4.69, 9.17) is 10.5 Å². The smallest absolute Gasteiger partial charge is 0.185 e. The number of hydrogen-bond donors (Lipinski definition) is 1. The molecule has 19 heavy (non-hydrogen) atoms. The predicted octanol–water partition coefficient (Wildman–Crippen LogP) is 2.52. The van der Waals surface area contributed by atoms with Gasteiger partial charge in [0.2, 0.25) is 0 Å². The Balaban J connectivity index is 1.72. The van der Waals surface area contributed by atoms with Gasteiger partial charge in [-0.3, -0.25) is 4.79 Å². The van der Waals surface area contributed by atoms with Crippen LogP contribution in [0.25, 0.3) is 0 Å². The third kappa shape index (κ3) is 2.59. The maximum Gasteiger partial charge on any atom is 0.185 e. The van der Waals surface area contributed by atoms with Crippen LogP contribution in [0, 0.1) is 5.92 Å². The van der Waals surface area contributed by atoms with E-state index < -0.39 is 0 Å². The molecule has 2 aliphatic rings. The van der Waals surface area contributed by atoms with Gasteiger partial charge in [0, 0.05) is 24.4 Å². The molecule has 4 nitrogen and oxygen atoms in total. The molecule has 1 saturated heterocycles. The van der Waals surface area contributed by atoms with E-state index in [0.29, 0.717) is 18.8 Å². The largest absolute Gasteiger partial charge is 0.375 e. The molecule has 1 aliphatic carbocycles. The van der Waals surface area contributed by atoms with Gasteiger partial charge in [-0.05, 0) is 25.7 Å². The Hall–Kier alpha value is -0.780. The predicted molar refractivity (Wildman–Crippen MR) is 74.2 cm³/mol. The summed E-state index contributed by atoms with van der Waals surface area (Å²) in [5.41, 5.74) is 6.15. The van der Waals surface area contributed by atoms with Crippen molar-refractivity contribution in [2.45, 2.75) is 50.7 Å². The second-order valence-corrected chi connectivity index (χ2v) is 6.57. The first kappa shape index (κ1) is 13.2. The normalized spacial score (nSPS) is 25.8. The van der Waals surface area contributed by atoms with Crippen LogP contribution in [0.2, 0.25) is 0 Å². The molecule has 1 saturated carbocycles. The summed E-state index contributed by atoms with van der Waals surface area (Å²) >= 11 is 1.48. The van der Waals surface area contributed by atoms with E-state index >= 15 is 0 Å². The number of Topliss-reactive ketones (excluding diaryl/α,β-unsaturated/α-hetero) is 1. The lowest BCUT2D eigenvalue weighted by Crippen LogP contribution is -2.39. The van der Waals surface area contributed by atoms with Crippen molar-refractivity contribution < 1.29 is 9.53 Å². The number of rotatable bonds is 3. The highest BCUT2D eigenvalue weighted by Gasteiger charge is 2.42. The van der Waals surface area contributed by atoms with E-state index in [1.54, 1.807) is 0 Å². The molecule has 1 aromatic rings. The van der Waals surface area contributed by atoms with Crippen molar-refractivity contribution in [3.63, 3.8) is 0 Å². The average molecular weight is 280 g/mol. The van der Waals surface area contributed by atoms with E-state index in [0.717, 1.165) is 30.7 Å². The summed E-state index contributed by atoms with van der Waals surface area (Å²) in [5.74, 6) is 0.269. The standard InChI is InChI=1S/C14H20N2O2S/c15-8-12-16-11(9-19-12)13(17)10-3-6-18-14(7-10)4-1-2-5-14/h9-10H,1-8,15H2. The minimum atomic E-state index is -0.00864. The van der Waals surface area contributed by atoms with Crippen LogP contribution in [0.4, 0.5) is 0 Å². The summed E-state index contributed by atoms with van der Waals surface area (Å²) in [5, 5.41) is 2.69. The van der Waals surface area contributed by atoms with Crippen molar-refractivity contribution in [1.29, 1.82) is 0 Å². The fourth-order valence-corrected chi connectivity index (χ4v) is 4.01. The van der Waals surface area contributed by atoms with Crippen LogP contribution in [0.15, 0.2) is 5.38 Å². The van der Waals surface area contributed by atoms with Gasteiger partial charge < -0.3 is 10.5 Å². The Morgan fingerprint density at radius 2 is 2.32 bits per heavy atom. The van der Waals surface area contributed by atoms with E-state index in [1.165, 1.54) is 24.2 Å². The second kappa shape index (κ2) is 5.31. The quantitative estimate of drug-likeness (QED) is 0.864. The monoisotopic (exact) mass is 280 g/mol. The average Bonchev–Trinajstić information content (AvgIpc) is 3.07. The highest BCUT2D eigenvalue weighted by molar-refractivity contribution is 7.09. The molecule has 0 bridgehead atoms. The third-order valence-corrected chi connectivity index (χ3v) is 5.23. The Labute approximate surface area is 117 Å². The van der Waals surface area contributed by atoms with Crippen molar-refractivity contribution >= 4 is 17.1 Å². The molecule has 2 heterocycles. The van der Waals surface area contributed by atoms with Crippen LogP contribution in [0.1, 0.15) is 54.0 Å². The zero-order valence-corrected chi connectivity index (χ0v) is 11.9. The number of hydrogen-bond acceptors (Lipinski definition) is 5. The summed E-state index contributed by atoms with van der Waals surface area (Å²) in [6.07, 6.45) is 6.39. The van der Waals surface area contributed by atoms with Gasteiger partial charge in [-0.25, -0.2) is 4.98 Å². The summed E-state index contributed by atoms with van der Waals surface area (Å²) in [6, 6.07) is 0. The van der Waals surface area contributed by atoms with Crippen LogP contribution in [-0.2, 0) is 11.3 Å². The topological polar surface area (TPSA) is 65.2 Å². The van der Waals surface area contributed by atoms with Gasteiger partial charge >= 0.3 is 0 Å². The Bertz CT molecular complexity index is 466. The fourth-order valence-electron chi connectivity index (χ4n) is 3.35. The SMILES string of the molecule is NCc1nc(C(=O)C2CCOC3(CCCC3)C2)cs1. The van der Waals surface area contributed by atoms with Gasteiger partial charge in [0.1, 0.15) is 10.7 Å². The van der Waals surface area contributed by atoms with Crippen molar-refractivity contribution in [3.05, 3.63) is 16.1 Å². The molecule has 1 aromatic heterocycles. The summed E-state index contributed by atoms with van der Waals surface area (Å²) < 4.78 is 5.98. The maximum absolute atomic E-state index is 12.5. The van der Waals surface area contributed by atoms with Crippen LogP contribution >= 0.6 is 11.3 Å². The molecule has 5 heteroatoms. The number of ether oxygens (including phenoxy) is 1. The molecule has 0 amide bonds. The molecule has 1 unspecified atom stereocenters. The van der Waals surface area contributed by atoms with E-state index in [1.807, 2.05) is 5.38 Å². The second-order valence-electron chi connectivity index (χ2n) is 5.62. The van der Waals surface area contributed by atoms with Crippen molar-refractivity contribution in [2.75, 3.05) is 6.61 Å². The van der Waals surface area contributed by atoms with Gasteiger partial charge in [-0.1, -0.05) is 12.8 Å². The summed E-state index contributed by atoms with van der Waals surface area (Å²) in [4.78, 5) is 16.8. The van der Waals surface area contributed by atoms with E-state index in [9.17, 15) is 4.79 Å². The lowest BCUT2D eigenvalue weighted by Gasteiger charge is -2.37. The Morgan fingerprint density at radius 3 is 3.00 bits per heavy atom. The zero-order valence-electron chi connectivity index (χ0n) is 11.1. The molecule has 1 aliphatic heterocycles. The first-order valence-electron chi connectivity index (χ1n) is 7.05. The maximum atomic E-state index is 12.5. The first-order chi connectivity index (χ1) is 9.22. The van der Waals surface area contributed by atoms with Crippen LogP contribution in [0.5, 0.6) is 0 Å².